The molecule has 24 heavy (non-hydrogen) atoms. The number of ether oxygens (including phenoxy) is 1. The van der Waals surface area contributed by atoms with Crippen molar-refractivity contribution < 1.29 is 4.74 Å². The first-order valence-corrected chi connectivity index (χ1v) is 7.91. The summed E-state index contributed by atoms with van der Waals surface area (Å²) in [6.45, 7) is 5.28. The van der Waals surface area contributed by atoms with Gasteiger partial charge in [-0.25, -0.2) is 0 Å². The van der Waals surface area contributed by atoms with Gasteiger partial charge in [0.1, 0.15) is 5.75 Å². The maximum absolute atomic E-state index is 5.44. The molecule has 2 aromatic carbocycles. The van der Waals surface area contributed by atoms with Crippen LogP contribution in [0, 0.1) is 13.8 Å². The van der Waals surface area contributed by atoms with Crippen molar-refractivity contribution in [2.45, 2.75) is 20.4 Å². The number of hydrogen-bond acceptors (Lipinski definition) is 2. The average molecular weight is 345 g/mol. The Kier molecular flexibility index (Phi) is 5.58. The Morgan fingerprint density at radius 2 is 1.75 bits per heavy atom. The van der Waals surface area contributed by atoms with Gasteiger partial charge in [0.05, 0.1) is 12.6 Å². The predicted octanol–water partition coefficient (Wildman–Crippen LogP) is 4.74. The zero-order valence-electron chi connectivity index (χ0n) is 15.0. The second-order valence-electron chi connectivity index (χ2n) is 6.31. The van der Waals surface area contributed by atoms with Gasteiger partial charge in [-0.05, 0) is 63.3 Å². The number of rotatable bonds is 4. The Bertz CT molecular complexity index is 852. The molecule has 0 saturated carbocycles. The van der Waals surface area contributed by atoms with E-state index in [9.17, 15) is 0 Å². The summed E-state index contributed by atoms with van der Waals surface area (Å²) in [5.74, 6) is 0.902. The smallest absolute Gasteiger partial charge is 0.119 e. The maximum Gasteiger partial charge on any atom is 0.119 e. The quantitative estimate of drug-likeness (QED) is 0.680. The lowest BCUT2D eigenvalue weighted by Crippen LogP contribution is -2.11. The highest BCUT2D eigenvalue weighted by atomic mass is 35.5. The molecule has 0 N–H and O–H groups in total. The normalized spacial score (nSPS) is 10.9. The second-order valence-corrected chi connectivity index (χ2v) is 6.31. The van der Waals surface area contributed by atoms with Gasteiger partial charge in [0, 0.05) is 23.3 Å². The van der Waals surface area contributed by atoms with Crippen LogP contribution in [-0.2, 0) is 6.54 Å². The van der Waals surface area contributed by atoms with Crippen LogP contribution in [0.2, 0.25) is 0 Å². The largest absolute Gasteiger partial charge is 0.497 e. The number of methoxy groups -OCH3 is 1. The number of aromatic nitrogens is 1. The topological polar surface area (TPSA) is 17.4 Å². The Hall–Kier alpha value is -1.97. The van der Waals surface area contributed by atoms with Crippen molar-refractivity contribution in [2.24, 2.45) is 0 Å². The Morgan fingerprint density at radius 3 is 2.38 bits per heavy atom. The van der Waals surface area contributed by atoms with Crippen LogP contribution < -0.4 is 4.74 Å². The summed E-state index contributed by atoms with van der Waals surface area (Å²) in [5.41, 5.74) is 6.39. The number of fused-ring (bicyclic) bond motifs is 1. The summed E-state index contributed by atoms with van der Waals surface area (Å²) < 4.78 is 7.80. The summed E-state index contributed by atoms with van der Waals surface area (Å²) >= 11 is 0. The van der Waals surface area contributed by atoms with E-state index in [1.807, 2.05) is 6.07 Å². The molecule has 0 atom stereocenters. The Morgan fingerprint density at radius 1 is 1.04 bits per heavy atom. The summed E-state index contributed by atoms with van der Waals surface area (Å²) in [4.78, 5) is 2.21. The van der Waals surface area contributed by atoms with Gasteiger partial charge in [-0.2, -0.15) is 0 Å². The molecule has 0 aliphatic heterocycles. The van der Waals surface area contributed by atoms with Gasteiger partial charge in [0.25, 0.3) is 0 Å². The van der Waals surface area contributed by atoms with E-state index in [1.54, 1.807) is 7.11 Å². The first kappa shape index (κ1) is 18.4. The van der Waals surface area contributed by atoms with Crippen molar-refractivity contribution in [2.75, 3.05) is 21.2 Å². The van der Waals surface area contributed by atoms with Gasteiger partial charge < -0.3 is 14.2 Å². The van der Waals surface area contributed by atoms with E-state index in [4.69, 9.17) is 4.74 Å². The van der Waals surface area contributed by atoms with Gasteiger partial charge in [-0.15, -0.1) is 12.4 Å². The Labute approximate surface area is 150 Å². The van der Waals surface area contributed by atoms with Crippen LogP contribution in [0.25, 0.3) is 16.6 Å². The molecule has 0 amide bonds. The summed E-state index contributed by atoms with van der Waals surface area (Å²) in [6, 6.07) is 14.9. The Balaban J connectivity index is 0.00000208. The van der Waals surface area contributed by atoms with Crippen LogP contribution in [0.1, 0.15) is 16.8 Å². The molecule has 0 bridgehead atoms. The van der Waals surface area contributed by atoms with Gasteiger partial charge in [-0.1, -0.05) is 18.2 Å². The lowest BCUT2D eigenvalue weighted by Gasteiger charge is -2.13. The monoisotopic (exact) mass is 344 g/mol. The standard InChI is InChI=1S/C20H24N2O.ClH/c1-14-8-6-7-9-19(14)22-15(2)18(13-21(3)4)17-12-16(23-5)10-11-20(17)22;/h6-12H,13H2,1-5H3;1H. The van der Waals surface area contributed by atoms with E-state index in [-0.39, 0.29) is 12.4 Å². The molecule has 0 radical (unpaired) electrons. The van der Waals surface area contributed by atoms with E-state index >= 15 is 0 Å². The van der Waals surface area contributed by atoms with E-state index in [2.05, 4.69) is 73.8 Å². The minimum Gasteiger partial charge on any atom is -0.497 e. The molecule has 0 fully saturated rings. The van der Waals surface area contributed by atoms with Crippen molar-refractivity contribution >= 4 is 23.3 Å². The number of halogens is 1. The molecule has 1 heterocycles. The molecular weight excluding hydrogens is 320 g/mol. The number of nitrogens with zero attached hydrogens (tertiary/aromatic N) is 2. The molecule has 0 aliphatic carbocycles. The van der Waals surface area contributed by atoms with Crippen molar-refractivity contribution in [3.05, 3.63) is 59.3 Å². The summed E-state index contributed by atoms with van der Waals surface area (Å²) in [7, 11) is 5.94. The third-order valence-electron chi connectivity index (χ3n) is 4.37. The van der Waals surface area contributed by atoms with Gasteiger partial charge >= 0.3 is 0 Å². The molecule has 3 aromatic rings. The fourth-order valence-corrected chi connectivity index (χ4v) is 3.23. The van der Waals surface area contributed by atoms with Crippen LogP contribution in [0.15, 0.2) is 42.5 Å². The highest BCUT2D eigenvalue weighted by Crippen LogP contribution is 2.33. The SMILES string of the molecule is COc1ccc2c(c1)c(CN(C)C)c(C)n2-c1ccccc1C.Cl. The zero-order chi connectivity index (χ0) is 16.6. The van der Waals surface area contributed by atoms with Crippen molar-refractivity contribution in [3.8, 4) is 11.4 Å². The third kappa shape index (κ3) is 3.14. The zero-order valence-corrected chi connectivity index (χ0v) is 15.8. The predicted molar refractivity (Wildman–Crippen MR) is 104 cm³/mol. The van der Waals surface area contributed by atoms with E-state index in [0.29, 0.717) is 0 Å². The maximum atomic E-state index is 5.44. The fourth-order valence-electron chi connectivity index (χ4n) is 3.23. The average Bonchev–Trinajstić information content (AvgIpc) is 2.79. The van der Waals surface area contributed by atoms with Crippen LogP contribution in [0.3, 0.4) is 0 Å². The van der Waals surface area contributed by atoms with Crippen molar-refractivity contribution in [1.29, 1.82) is 0 Å². The molecule has 3 nitrogen and oxygen atoms in total. The van der Waals surface area contributed by atoms with E-state index < -0.39 is 0 Å². The summed E-state index contributed by atoms with van der Waals surface area (Å²) in [6.07, 6.45) is 0. The molecule has 1 aromatic heterocycles. The van der Waals surface area contributed by atoms with Crippen LogP contribution >= 0.6 is 12.4 Å². The molecule has 0 saturated heterocycles. The molecule has 4 heteroatoms. The van der Waals surface area contributed by atoms with Crippen molar-refractivity contribution in [3.63, 3.8) is 0 Å². The fraction of sp³-hybridized carbons (Fsp3) is 0.300. The third-order valence-corrected chi connectivity index (χ3v) is 4.37. The lowest BCUT2D eigenvalue weighted by atomic mass is 10.1. The molecule has 0 unspecified atom stereocenters. The van der Waals surface area contributed by atoms with Crippen LogP contribution in [-0.4, -0.2) is 30.7 Å². The number of aryl methyl sites for hydroxylation is 1. The van der Waals surface area contributed by atoms with Gasteiger partial charge in [0.15, 0.2) is 0 Å². The highest BCUT2D eigenvalue weighted by molar-refractivity contribution is 5.88. The first-order valence-electron chi connectivity index (χ1n) is 7.91. The highest BCUT2D eigenvalue weighted by Gasteiger charge is 2.17. The second kappa shape index (κ2) is 7.29. The van der Waals surface area contributed by atoms with Crippen molar-refractivity contribution in [1.82, 2.24) is 9.47 Å². The minimum atomic E-state index is 0. The van der Waals surface area contributed by atoms with Gasteiger partial charge in [0.2, 0.25) is 0 Å². The minimum absolute atomic E-state index is 0. The van der Waals surface area contributed by atoms with Crippen LogP contribution in [0.5, 0.6) is 5.75 Å². The van der Waals surface area contributed by atoms with Crippen LogP contribution in [0.4, 0.5) is 0 Å². The lowest BCUT2D eigenvalue weighted by molar-refractivity contribution is 0.402. The molecule has 0 aliphatic rings. The number of hydrogen-bond donors (Lipinski definition) is 0. The first-order chi connectivity index (χ1) is 11.0. The number of benzene rings is 2. The van der Waals surface area contributed by atoms with Gasteiger partial charge in [-0.3, -0.25) is 0 Å². The van der Waals surface area contributed by atoms with E-state index in [1.165, 1.54) is 33.4 Å². The summed E-state index contributed by atoms with van der Waals surface area (Å²) in [5, 5.41) is 1.26. The molecule has 3 rings (SSSR count). The molecule has 128 valence electrons. The molecule has 0 spiro atoms. The van der Waals surface area contributed by atoms with E-state index in [0.717, 1.165) is 12.3 Å². The number of para-hydroxylation sites is 1. The molecular formula is C20H25ClN2O.